The Labute approximate surface area is 154 Å². The highest BCUT2D eigenvalue weighted by Gasteiger charge is 2.30. The number of ether oxygens (including phenoxy) is 1. The van der Waals surface area contributed by atoms with Crippen LogP contribution in [0, 0.1) is 6.92 Å². The second-order valence-electron chi connectivity index (χ2n) is 6.18. The molecular weight excluding hydrogens is 359 g/mol. The molecular formula is C18H20F3N5O. The number of hydrogen-bond donors (Lipinski definition) is 1. The first kappa shape index (κ1) is 19.1. The summed E-state index contributed by atoms with van der Waals surface area (Å²) < 4.78 is 45.8. The quantitative estimate of drug-likeness (QED) is 0.633. The normalized spacial score (nSPS) is 11.9. The van der Waals surface area contributed by atoms with Crippen LogP contribution in [0.3, 0.4) is 0 Å². The zero-order valence-electron chi connectivity index (χ0n) is 15.0. The molecule has 144 valence electrons. The van der Waals surface area contributed by atoms with Crippen LogP contribution in [0.25, 0.3) is 10.9 Å². The fourth-order valence-corrected chi connectivity index (χ4v) is 2.84. The van der Waals surface area contributed by atoms with E-state index in [1.807, 2.05) is 4.57 Å². The molecule has 0 radical (unpaired) electrons. The van der Waals surface area contributed by atoms with Crippen LogP contribution in [0.4, 0.5) is 18.9 Å². The van der Waals surface area contributed by atoms with Crippen molar-refractivity contribution in [1.82, 2.24) is 19.7 Å². The number of pyridine rings is 1. The van der Waals surface area contributed by atoms with Crippen molar-refractivity contribution in [2.24, 2.45) is 0 Å². The lowest BCUT2D eigenvalue weighted by Crippen LogP contribution is -2.10. The molecule has 2 aromatic heterocycles. The Hall–Kier alpha value is -2.68. The predicted molar refractivity (Wildman–Crippen MR) is 95.3 cm³/mol. The SMILES string of the molecule is COCCCn1cnnc1CNc1cc(C)nc2cc(C(F)(F)F)ccc12. The molecule has 0 aliphatic carbocycles. The molecule has 27 heavy (non-hydrogen) atoms. The van der Waals surface area contributed by atoms with E-state index in [1.54, 1.807) is 26.4 Å². The van der Waals surface area contributed by atoms with Crippen molar-refractivity contribution < 1.29 is 17.9 Å². The number of benzene rings is 1. The van der Waals surface area contributed by atoms with Gasteiger partial charge in [-0.05, 0) is 31.5 Å². The number of alkyl halides is 3. The van der Waals surface area contributed by atoms with Crippen molar-refractivity contribution in [1.29, 1.82) is 0 Å². The molecule has 0 fully saturated rings. The van der Waals surface area contributed by atoms with Crippen molar-refractivity contribution in [3.63, 3.8) is 0 Å². The number of methoxy groups -OCH3 is 1. The molecule has 0 bridgehead atoms. The van der Waals surface area contributed by atoms with Gasteiger partial charge in [-0.3, -0.25) is 4.98 Å². The number of halogens is 3. The predicted octanol–water partition coefficient (Wildman–Crippen LogP) is 3.80. The highest BCUT2D eigenvalue weighted by Crippen LogP contribution is 2.33. The average molecular weight is 379 g/mol. The maximum atomic E-state index is 13.0. The highest BCUT2D eigenvalue weighted by atomic mass is 19.4. The van der Waals surface area contributed by atoms with E-state index in [2.05, 4.69) is 20.5 Å². The third-order valence-corrected chi connectivity index (χ3v) is 4.15. The standard InChI is InChI=1S/C18H20F3N5O/c1-12-8-15(14-5-4-13(18(19,20)21)9-16(14)24-12)22-10-17-25-23-11-26(17)6-3-7-27-2/h4-5,8-9,11H,3,6-7,10H2,1-2H3,(H,22,24). The molecule has 3 aromatic rings. The summed E-state index contributed by atoms with van der Waals surface area (Å²) in [6.07, 6.45) is -1.91. The van der Waals surface area contributed by atoms with Gasteiger partial charge in [0, 0.05) is 37.0 Å². The van der Waals surface area contributed by atoms with Crippen LogP contribution in [0.1, 0.15) is 23.5 Å². The third-order valence-electron chi connectivity index (χ3n) is 4.15. The molecule has 1 aromatic carbocycles. The lowest BCUT2D eigenvalue weighted by molar-refractivity contribution is -0.137. The third kappa shape index (κ3) is 4.54. The first-order chi connectivity index (χ1) is 12.9. The second kappa shape index (κ2) is 7.91. The van der Waals surface area contributed by atoms with Gasteiger partial charge in [-0.1, -0.05) is 6.07 Å². The van der Waals surface area contributed by atoms with Crippen LogP contribution in [-0.4, -0.2) is 33.5 Å². The van der Waals surface area contributed by atoms with Crippen molar-refractivity contribution in [3.05, 3.63) is 47.7 Å². The van der Waals surface area contributed by atoms with Gasteiger partial charge in [0.2, 0.25) is 0 Å². The molecule has 0 amide bonds. The van der Waals surface area contributed by atoms with Crippen molar-refractivity contribution in [2.45, 2.75) is 32.6 Å². The molecule has 0 atom stereocenters. The fourth-order valence-electron chi connectivity index (χ4n) is 2.84. The van der Waals surface area contributed by atoms with Gasteiger partial charge in [0.25, 0.3) is 0 Å². The van der Waals surface area contributed by atoms with Gasteiger partial charge >= 0.3 is 6.18 Å². The van der Waals surface area contributed by atoms with Gasteiger partial charge < -0.3 is 14.6 Å². The largest absolute Gasteiger partial charge is 0.416 e. The topological polar surface area (TPSA) is 64.9 Å². The molecule has 0 unspecified atom stereocenters. The molecule has 1 N–H and O–H groups in total. The van der Waals surface area contributed by atoms with Crippen LogP contribution in [0.2, 0.25) is 0 Å². The lowest BCUT2D eigenvalue weighted by Gasteiger charge is -2.13. The number of aryl methyl sites for hydroxylation is 2. The Morgan fingerprint density at radius 2 is 2.04 bits per heavy atom. The maximum Gasteiger partial charge on any atom is 0.416 e. The Morgan fingerprint density at radius 3 is 2.78 bits per heavy atom. The second-order valence-corrected chi connectivity index (χ2v) is 6.18. The van der Waals surface area contributed by atoms with Crippen LogP contribution in [0.5, 0.6) is 0 Å². The zero-order valence-corrected chi connectivity index (χ0v) is 15.0. The molecule has 0 spiro atoms. The summed E-state index contributed by atoms with van der Waals surface area (Å²) in [5, 5.41) is 11.9. The first-order valence-corrected chi connectivity index (χ1v) is 8.46. The van der Waals surface area contributed by atoms with Gasteiger partial charge in [-0.15, -0.1) is 10.2 Å². The van der Waals surface area contributed by atoms with E-state index < -0.39 is 11.7 Å². The monoisotopic (exact) mass is 379 g/mol. The molecule has 0 aliphatic rings. The number of nitrogens with one attached hydrogen (secondary N) is 1. The average Bonchev–Trinajstić information content (AvgIpc) is 3.06. The summed E-state index contributed by atoms with van der Waals surface area (Å²) in [7, 11) is 1.65. The van der Waals surface area contributed by atoms with Crippen LogP contribution in [0.15, 0.2) is 30.6 Å². The van der Waals surface area contributed by atoms with E-state index in [-0.39, 0.29) is 0 Å². The summed E-state index contributed by atoms with van der Waals surface area (Å²) >= 11 is 0. The van der Waals surface area contributed by atoms with E-state index in [0.717, 1.165) is 30.9 Å². The summed E-state index contributed by atoms with van der Waals surface area (Å²) in [6.45, 7) is 3.51. The zero-order chi connectivity index (χ0) is 19.4. The Balaban J connectivity index is 1.82. The van der Waals surface area contributed by atoms with Crippen molar-refractivity contribution in [2.75, 3.05) is 19.0 Å². The molecule has 2 heterocycles. The van der Waals surface area contributed by atoms with Crippen molar-refractivity contribution >= 4 is 16.6 Å². The summed E-state index contributed by atoms with van der Waals surface area (Å²) in [5.41, 5.74) is 0.925. The molecule has 0 aliphatic heterocycles. The Bertz CT molecular complexity index is 923. The van der Waals surface area contributed by atoms with Crippen LogP contribution < -0.4 is 5.32 Å². The van der Waals surface area contributed by atoms with E-state index in [4.69, 9.17) is 4.74 Å². The smallest absolute Gasteiger partial charge is 0.385 e. The number of hydrogen-bond acceptors (Lipinski definition) is 5. The summed E-state index contributed by atoms with van der Waals surface area (Å²) in [5.74, 6) is 0.737. The highest BCUT2D eigenvalue weighted by molar-refractivity contribution is 5.91. The fraction of sp³-hybridized carbons (Fsp3) is 0.389. The van der Waals surface area contributed by atoms with E-state index in [0.29, 0.717) is 35.4 Å². The van der Waals surface area contributed by atoms with Gasteiger partial charge in [-0.25, -0.2) is 0 Å². The summed E-state index contributed by atoms with van der Waals surface area (Å²) in [4.78, 5) is 4.24. The molecule has 0 saturated carbocycles. The molecule has 3 rings (SSSR count). The van der Waals surface area contributed by atoms with Gasteiger partial charge in [0.05, 0.1) is 17.6 Å². The summed E-state index contributed by atoms with van der Waals surface area (Å²) in [6, 6.07) is 5.38. The van der Waals surface area contributed by atoms with Gasteiger partial charge in [-0.2, -0.15) is 13.2 Å². The van der Waals surface area contributed by atoms with E-state index in [1.165, 1.54) is 6.07 Å². The minimum Gasteiger partial charge on any atom is -0.385 e. The number of aromatic nitrogens is 4. The Morgan fingerprint density at radius 1 is 1.22 bits per heavy atom. The van der Waals surface area contributed by atoms with Crippen LogP contribution >= 0.6 is 0 Å². The molecule has 0 saturated heterocycles. The number of rotatable bonds is 7. The maximum absolute atomic E-state index is 13.0. The lowest BCUT2D eigenvalue weighted by atomic mass is 10.1. The Kier molecular flexibility index (Phi) is 5.59. The van der Waals surface area contributed by atoms with E-state index in [9.17, 15) is 13.2 Å². The van der Waals surface area contributed by atoms with Gasteiger partial charge in [0.15, 0.2) is 5.82 Å². The minimum absolute atomic E-state index is 0.300. The number of anilines is 1. The van der Waals surface area contributed by atoms with Gasteiger partial charge in [0.1, 0.15) is 6.33 Å². The number of nitrogens with zero attached hydrogens (tertiary/aromatic N) is 4. The van der Waals surface area contributed by atoms with Crippen molar-refractivity contribution in [3.8, 4) is 0 Å². The molecule has 6 nitrogen and oxygen atoms in total. The van der Waals surface area contributed by atoms with E-state index >= 15 is 0 Å². The first-order valence-electron chi connectivity index (χ1n) is 8.46. The van der Waals surface area contributed by atoms with Crippen LogP contribution in [-0.2, 0) is 24.0 Å². The minimum atomic E-state index is -4.40. The molecule has 9 heteroatoms. The number of fused-ring (bicyclic) bond motifs is 1.